The van der Waals surface area contributed by atoms with E-state index in [1.54, 1.807) is 0 Å². The highest BCUT2D eigenvalue weighted by molar-refractivity contribution is 5.66. The number of carbonyl (C=O) groups is 2. The van der Waals surface area contributed by atoms with Gasteiger partial charge in [-0.15, -0.1) is 0 Å². The van der Waals surface area contributed by atoms with E-state index >= 15 is 0 Å². The zero-order valence-electron chi connectivity index (χ0n) is 11.2. The molecule has 2 aliphatic carbocycles. The third kappa shape index (κ3) is 3.03. The Bertz CT molecular complexity index is 294. The van der Waals surface area contributed by atoms with Gasteiger partial charge in [-0.25, -0.2) is 0 Å². The van der Waals surface area contributed by atoms with Crippen LogP contribution in [0.1, 0.15) is 52.4 Å². The first-order valence-corrected chi connectivity index (χ1v) is 6.92. The standard InChI is InChI=1S/C14H22O4/c1-9(15)17-13-7-3-5-11(13)12-6-4-8-14(12)18-10(2)16/h11-14H,3-8H2,1-2H3. The SMILES string of the molecule is CC(=O)OC1CCCC1C1CCCC1OC(C)=O. The minimum atomic E-state index is -0.200. The second-order valence-corrected chi connectivity index (χ2v) is 5.49. The molecule has 4 unspecified atom stereocenters. The maximum atomic E-state index is 11.1. The van der Waals surface area contributed by atoms with Crippen LogP contribution in [0.15, 0.2) is 0 Å². The van der Waals surface area contributed by atoms with E-state index in [9.17, 15) is 9.59 Å². The van der Waals surface area contributed by atoms with Gasteiger partial charge in [0.15, 0.2) is 0 Å². The molecule has 2 rings (SSSR count). The van der Waals surface area contributed by atoms with Crippen LogP contribution >= 0.6 is 0 Å². The van der Waals surface area contributed by atoms with Crippen molar-refractivity contribution in [3.8, 4) is 0 Å². The van der Waals surface area contributed by atoms with Crippen LogP contribution < -0.4 is 0 Å². The monoisotopic (exact) mass is 254 g/mol. The molecule has 4 nitrogen and oxygen atoms in total. The summed E-state index contributed by atoms with van der Waals surface area (Å²) >= 11 is 0. The van der Waals surface area contributed by atoms with Gasteiger partial charge in [0.1, 0.15) is 12.2 Å². The largest absolute Gasteiger partial charge is 0.462 e. The Balaban J connectivity index is 1.99. The molecule has 0 amide bonds. The summed E-state index contributed by atoms with van der Waals surface area (Å²) in [5.41, 5.74) is 0. The van der Waals surface area contributed by atoms with E-state index in [2.05, 4.69) is 0 Å². The van der Waals surface area contributed by atoms with Gasteiger partial charge in [-0.05, 0) is 38.5 Å². The number of ether oxygens (including phenoxy) is 2. The number of hydrogen-bond acceptors (Lipinski definition) is 4. The molecule has 0 aromatic rings. The Kier molecular flexibility index (Phi) is 4.25. The first-order valence-electron chi connectivity index (χ1n) is 6.92. The predicted molar refractivity (Wildman–Crippen MR) is 65.8 cm³/mol. The summed E-state index contributed by atoms with van der Waals surface area (Å²) in [6.45, 7) is 2.93. The second kappa shape index (κ2) is 5.72. The zero-order valence-corrected chi connectivity index (χ0v) is 11.2. The molecule has 18 heavy (non-hydrogen) atoms. The number of rotatable bonds is 3. The average Bonchev–Trinajstić information content (AvgIpc) is 2.85. The maximum absolute atomic E-state index is 11.1. The highest BCUT2D eigenvalue weighted by Gasteiger charge is 2.42. The minimum Gasteiger partial charge on any atom is -0.462 e. The average molecular weight is 254 g/mol. The van der Waals surface area contributed by atoms with Crippen LogP contribution in [0.25, 0.3) is 0 Å². The van der Waals surface area contributed by atoms with Gasteiger partial charge in [-0.2, -0.15) is 0 Å². The molecule has 0 aromatic heterocycles. The van der Waals surface area contributed by atoms with Crippen molar-refractivity contribution in [2.45, 2.75) is 64.6 Å². The van der Waals surface area contributed by atoms with E-state index in [1.165, 1.54) is 13.8 Å². The van der Waals surface area contributed by atoms with Gasteiger partial charge in [0.05, 0.1) is 0 Å². The van der Waals surface area contributed by atoms with Crippen molar-refractivity contribution in [3.05, 3.63) is 0 Å². The van der Waals surface area contributed by atoms with E-state index in [0.717, 1.165) is 38.5 Å². The first-order chi connectivity index (χ1) is 8.58. The molecule has 0 N–H and O–H groups in total. The minimum absolute atomic E-state index is 0.0312. The predicted octanol–water partition coefficient (Wildman–Crippen LogP) is 2.45. The topological polar surface area (TPSA) is 52.6 Å². The molecular weight excluding hydrogens is 232 g/mol. The van der Waals surface area contributed by atoms with Crippen LogP contribution in [-0.4, -0.2) is 24.1 Å². The van der Waals surface area contributed by atoms with Crippen molar-refractivity contribution in [1.82, 2.24) is 0 Å². The third-order valence-corrected chi connectivity index (χ3v) is 4.19. The number of carbonyl (C=O) groups excluding carboxylic acids is 2. The summed E-state index contributed by atoms with van der Waals surface area (Å²) in [4.78, 5) is 22.2. The summed E-state index contributed by atoms with van der Waals surface area (Å²) in [5.74, 6) is 0.351. The van der Waals surface area contributed by atoms with Crippen molar-refractivity contribution < 1.29 is 19.1 Å². The smallest absolute Gasteiger partial charge is 0.302 e. The lowest BCUT2D eigenvalue weighted by Gasteiger charge is -2.29. The molecule has 0 saturated heterocycles. The van der Waals surface area contributed by atoms with Crippen molar-refractivity contribution in [3.63, 3.8) is 0 Å². The van der Waals surface area contributed by atoms with Crippen LogP contribution in [-0.2, 0) is 19.1 Å². The third-order valence-electron chi connectivity index (χ3n) is 4.19. The normalized spacial score (nSPS) is 35.4. The maximum Gasteiger partial charge on any atom is 0.302 e. The van der Waals surface area contributed by atoms with Crippen LogP contribution in [0.5, 0.6) is 0 Å². The molecule has 0 aromatic carbocycles. The van der Waals surface area contributed by atoms with Gasteiger partial charge in [-0.3, -0.25) is 9.59 Å². The molecule has 4 heteroatoms. The Morgan fingerprint density at radius 2 is 1.17 bits per heavy atom. The Morgan fingerprint density at radius 1 is 0.778 bits per heavy atom. The highest BCUT2D eigenvalue weighted by atomic mass is 16.5. The van der Waals surface area contributed by atoms with Gasteiger partial charge in [0.25, 0.3) is 0 Å². The van der Waals surface area contributed by atoms with E-state index in [1.807, 2.05) is 0 Å². The summed E-state index contributed by atoms with van der Waals surface area (Å²) in [7, 11) is 0. The summed E-state index contributed by atoms with van der Waals surface area (Å²) in [5, 5.41) is 0. The van der Waals surface area contributed by atoms with Crippen molar-refractivity contribution in [1.29, 1.82) is 0 Å². The lowest BCUT2D eigenvalue weighted by atomic mass is 9.86. The van der Waals surface area contributed by atoms with E-state index in [4.69, 9.17) is 9.47 Å². The van der Waals surface area contributed by atoms with E-state index < -0.39 is 0 Å². The van der Waals surface area contributed by atoms with Crippen molar-refractivity contribution >= 4 is 11.9 Å². The van der Waals surface area contributed by atoms with Gasteiger partial charge in [0.2, 0.25) is 0 Å². The number of hydrogen-bond donors (Lipinski definition) is 0. The van der Waals surface area contributed by atoms with Gasteiger partial charge in [-0.1, -0.05) is 0 Å². The Hall–Kier alpha value is -1.06. The molecule has 0 spiro atoms. The van der Waals surface area contributed by atoms with Crippen LogP contribution in [0.3, 0.4) is 0 Å². The summed E-state index contributed by atoms with van der Waals surface area (Å²) < 4.78 is 10.8. The molecule has 0 bridgehead atoms. The van der Waals surface area contributed by atoms with Crippen LogP contribution in [0, 0.1) is 11.8 Å². The molecule has 0 radical (unpaired) electrons. The molecular formula is C14H22O4. The van der Waals surface area contributed by atoms with Crippen molar-refractivity contribution in [2.24, 2.45) is 11.8 Å². The Labute approximate surface area is 108 Å². The van der Waals surface area contributed by atoms with Gasteiger partial charge < -0.3 is 9.47 Å². The second-order valence-electron chi connectivity index (χ2n) is 5.49. The van der Waals surface area contributed by atoms with Crippen LogP contribution in [0.2, 0.25) is 0 Å². The van der Waals surface area contributed by atoms with E-state index in [0.29, 0.717) is 11.8 Å². The molecule has 2 aliphatic rings. The molecule has 102 valence electrons. The highest BCUT2D eigenvalue weighted by Crippen LogP contribution is 2.43. The quantitative estimate of drug-likeness (QED) is 0.726. The number of esters is 2. The molecule has 2 saturated carbocycles. The first kappa shape index (κ1) is 13.4. The van der Waals surface area contributed by atoms with Crippen LogP contribution in [0.4, 0.5) is 0 Å². The molecule has 4 atom stereocenters. The fraction of sp³-hybridized carbons (Fsp3) is 0.857. The fourth-order valence-corrected chi connectivity index (χ4v) is 3.61. The summed E-state index contributed by atoms with van der Waals surface area (Å²) in [6, 6.07) is 0. The van der Waals surface area contributed by atoms with Gasteiger partial charge in [0, 0.05) is 25.7 Å². The molecule has 2 fully saturated rings. The molecule has 0 aliphatic heterocycles. The van der Waals surface area contributed by atoms with Crippen molar-refractivity contribution in [2.75, 3.05) is 0 Å². The molecule has 0 heterocycles. The Morgan fingerprint density at radius 3 is 1.50 bits per heavy atom. The summed E-state index contributed by atoms with van der Waals surface area (Å²) in [6.07, 6.45) is 6.34. The van der Waals surface area contributed by atoms with Gasteiger partial charge >= 0.3 is 11.9 Å². The van der Waals surface area contributed by atoms with E-state index in [-0.39, 0.29) is 24.1 Å². The lowest BCUT2D eigenvalue weighted by molar-refractivity contribution is -0.155. The zero-order chi connectivity index (χ0) is 13.1. The lowest BCUT2D eigenvalue weighted by Crippen LogP contribution is -2.33. The fourth-order valence-electron chi connectivity index (χ4n) is 3.61.